The Morgan fingerprint density at radius 1 is 1.40 bits per heavy atom. The molecule has 11 heteroatoms. The zero-order chi connectivity index (χ0) is 21.7. The average molecular weight is 474 g/mol. The van der Waals surface area contributed by atoms with Crippen LogP contribution in [-0.4, -0.2) is 39.0 Å². The molecule has 0 fully saturated rings. The van der Waals surface area contributed by atoms with Gasteiger partial charge in [0.2, 0.25) is 5.69 Å². The minimum atomic E-state index is -0.823. The summed E-state index contributed by atoms with van der Waals surface area (Å²) in [6.07, 6.45) is 2.51. The van der Waals surface area contributed by atoms with Gasteiger partial charge in [0.05, 0.1) is 24.8 Å². The number of methoxy groups -OCH3 is 1. The van der Waals surface area contributed by atoms with E-state index in [-0.39, 0.29) is 23.7 Å². The van der Waals surface area contributed by atoms with Crippen molar-refractivity contribution in [3.63, 3.8) is 0 Å². The van der Waals surface area contributed by atoms with Gasteiger partial charge in [-0.3, -0.25) is 19.6 Å². The van der Waals surface area contributed by atoms with Gasteiger partial charge in [0.25, 0.3) is 5.91 Å². The van der Waals surface area contributed by atoms with Crippen molar-refractivity contribution in [1.29, 1.82) is 0 Å². The quantitative estimate of drug-likeness (QED) is 0.307. The minimum Gasteiger partial charge on any atom is -0.504 e. The van der Waals surface area contributed by atoms with Crippen LogP contribution in [0.5, 0.6) is 11.5 Å². The van der Waals surface area contributed by atoms with Crippen LogP contribution < -0.4 is 10.2 Å². The van der Waals surface area contributed by atoms with Crippen molar-refractivity contribution in [2.45, 2.75) is 6.54 Å². The highest BCUT2D eigenvalue weighted by atomic mass is 79.9. The Labute approximate surface area is 179 Å². The number of amides is 1. The van der Waals surface area contributed by atoms with Crippen molar-refractivity contribution >= 4 is 33.7 Å². The van der Waals surface area contributed by atoms with Gasteiger partial charge in [-0.25, -0.2) is 5.43 Å². The van der Waals surface area contributed by atoms with E-state index in [1.54, 1.807) is 6.07 Å². The zero-order valence-electron chi connectivity index (χ0n) is 15.7. The van der Waals surface area contributed by atoms with E-state index in [0.29, 0.717) is 5.56 Å². The van der Waals surface area contributed by atoms with E-state index < -0.39 is 16.5 Å². The van der Waals surface area contributed by atoms with E-state index in [1.807, 2.05) is 24.3 Å². The fraction of sp³-hybridized carbons (Fsp3) is 0.105. The van der Waals surface area contributed by atoms with E-state index in [9.17, 15) is 20.0 Å². The van der Waals surface area contributed by atoms with Crippen molar-refractivity contribution in [1.82, 2.24) is 15.2 Å². The molecule has 0 radical (unpaired) electrons. The summed E-state index contributed by atoms with van der Waals surface area (Å²) in [5.41, 5.74) is 2.84. The molecule has 0 saturated carbocycles. The van der Waals surface area contributed by atoms with Crippen molar-refractivity contribution < 1.29 is 19.6 Å². The summed E-state index contributed by atoms with van der Waals surface area (Å²) in [5, 5.41) is 28.7. The Balaban J connectivity index is 1.76. The molecular weight excluding hydrogens is 458 g/mol. The van der Waals surface area contributed by atoms with Crippen LogP contribution in [0.1, 0.15) is 21.6 Å². The number of hydrazone groups is 1. The third-order valence-corrected chi connectivity index (χ3v) is 4.46. The Bertz CT molecular complexity index is 1130. The highest BCUT2D eigenvalue weighted by Gasteiger charge is 2.25. The highest BCUT2D eigenvalue weighted by molar-refractivity contribution is 9.10. The number of phenolic OH excluding ortho intramolecular Hbond substituents is 1. The maximum Gasteiger partial charge on any atom is 0.320 e. The third kappa shape index (κ3) is 5.00. The van der Waals surface area contributed by atoms with Crippen LogP contribution in [0.15, 0.2) is 58.2 Å². The number of nitro groups is 1. The smallest absolute Gasteiger partial charge is 0.320 e. The number of hydrogen-bond donors (Lipinski definition) is 2. The lowest BCUT2D eigenvalue weighted by Crippen LogP contribution is -2.19. The normalized spacial score (nSPS) is 10.9. The SMILES string of the molecule is COc1cc(/C=N\NC(=O)c2nn(Cc3cccc(Br)c3)cc2[N+](=O)[O-])ccc1O. The molecule has 3 rings (SSSR count). The second-order valence-electron chi connectivity index (χ2n) is 6.08. The van der Waals surface area contributed by atoms with Crippen molar-refractivity contribution in [2.24, 2.45) is 5.10 Å². The number of rotatable bonds is 7. The zero-order valence-corrected chi connectivity index (χ0v) is 17.2. The second kappa shape index (κ2) is 9.18. The molecule has 0 atom stereocenters. The summed E-state index contributed by atoms with van der Waals surface area (Å²) >= 11 is 3.36. The van der Waals surface area contributed by atoms with Gasteiger partial charge in [-0.1, -0.05) is 28.1 Å². The largest absolute Gasteiger partial charge is 0.504 e. The van der Waals surface area contributed by atoms with Gasteiger partial charge >= 0.3 is 5.69 Å². The number of hydrogen-bond acceptors (Lipinski definition) is 7. The fourth-order valence-electron chi connectivity index (χ4n) is 2.60. The Morgan fingerprint density at radius 2 is 2.20 bits per heavy atom. The molecule has 2 N–H and O–H groups in total. The van der Waals surface area contributed by atoms with Crippen LogP contribution in [0.4, 0.5) is 5.69 Å². The van der Waals surface area contributed by atoms with Crippen LogP contribution in [0.25, 0.3) is 0 Å². The number of carbonyl (C=O) groups excluding carboxylic acids is 1. The summed E-state index contributed by atoms with van der Waals surface area (Å²) < 4.78 is 7.18. The van der Waals surface area contributed by atoms with Crippen molar-refractivity contribution in [3.8, 4) is 11.5 Å². The van der Waals surface area contributed by atoms with Gasteiger partial charge in [-0.15, -0.1) is 0 Å². The first-order valence-electron chi connectivity index (χ1n) is 8.54. The topological polar surface area (TPSA) is 132 Å². The molecule has 1 aromatic heterocycles. The maximum absolute atomic E-state index is 12.4. The number of phenols is 1. The Morgan fingerprint density at radius 3 is 2.90 bits per heavy atom. The molecule has 0 aliphatic carbocycles. The lowest BCUT2D eigenvalue weighted by atomic mass is 10.2. The molecule has 10 nitrogen and oxygen atoms in total. The molecule has 0 bridgehead atoms. The van der Waals surface area contributed by atoms with Crippen molar-refractivity contribution in [2.75, 3.05) is 7.11 Å². The monoisotopic (exact) mass is 473 g/mol. The summed E-state index contributed by atoms with van der Waals surface area (Å²) in [6.45, 7) is 0.254. The highest BCUT2D eigenvalue weighted by Crippen LogP contribution is 2.25. The Kier molecular flexibility index (Phi) is 6.42. The van der Waals surface area contributed by atoms with Crippen molar-refractivity contribution in [3.05, 3.63) is 80.1 Å². The number of nitrogens with one attached hydrogen (secondary N) is 1. The number of halogens is 1. The fourth-order valence-corrected chi connectivity index (χ4v) is 3.05. The summed E-state index contributed by atoms with van der Waals surface area (Å²) in [7, 11) is 1.40. The predicted molar refractivity (Wildman–Crippen MR) is 112 cm³/mol. The second-order valence-corrected chi connectivity index (χ2v) is 6.99. The van der Waals surface area contributed by atoms with E-state index in [2.05, 4.69) is 31.6 Å². The average Bonchev–Trinajstić information content (AvgIpc) is 3.13. The molecule has 1 amide bonds. The molecule has 1 heterocycles. The molecule has 30 heavy (non-hydrogen) atoms. The predicted octanol–water partition coefficient (Wildman–Crippen LogP) is 3.08. The van der Waals surface area contributed by atoms with Gasteiger partial charge in [0, 0.05) is 4.47 Å². The molecular formula is C19H16BrN5O5. The Hall–Kier alpha value is -3.73. The van der Waals surface area contributed by atoms with Crippen LogP contribution in [0.2, 0.25) is 0 Å². The first kappa shape index (κ1) is 21.0. The molecule has 0 saturated heterocycles. The van der Waals surface area contributed by atoms with Gasteiger partial charge in [-0.2, -0.15) is 10.2 Å². The van der Waals surface area contributed by atoms with Crippen LogP contribution in [0, 0.1) is 10.1 Å². The maximum atomic E-state index is 12.4. The van der Waals surface area contributed by atoms with E-state index in [4.69, 9.17) is 4.74 Å². The lowest BCUT2D eigenvalue weighted by molar-refractivity contribution is -0.385. The van der Waals surface area contributed by atoms with Crippen LogP contribution >= 0.6 is 15.9 Å². The van der Waals surface area contributed by atoms with E-state index >= 15 is 0 Å². The minimum absolute atomic E-state index is 0.0368. The molecule has 0 spiro atoms. The number of nitrogens with zero attached hydrogens (tertiary/aromatic N) is 4. The van der Waals surface area contributed by atoms with Gasteiger partial charge in [-0.05, 0) is 41.5 Å². The molecule has 3 aromatic rings. The standard InChI is InChI=1S/C19H16BrN5O5/c1-30-17-8-12(5-6-16(17)26)9-21-22-19(27)18-15(25(28)29)11-24(23-18)10-13-3-2-4-14(20)7-13/h2-9,11,26H,10H2,1H3,(H,22,27)/b21-9-. The van der Waals surface area contributed by atoms with Crippen LogP contribution in [-0.2, 0) is 6.54 Å². The number of benzene rings is 2. The summed E-state index contributed by atoms with van der Waals surface area (Å²) in [5.74, 6) is -0.616. The molecule has 0 unspecified atom stereocenters. The molecule has 0 aliphatic heterocycles. The molecule has 2 aromatic carbocycles. The summed E-state index contributed by atoms with van der Waals surface area (Å²) in [6, 6.07) is 11.9. The van der Waals surface area contributed by atoms with E-state index in [1.165, 1.54) is 36.3 Å². The number of carbonyl (C=O) groups is 1. The summed E-state index contributed by atoms with van der Waals surface area (Å²) in [4.78, 5) is 23.0. The van der Waals surface area contributed by atoms with Gasteiger partial charge in [0.15, 0.2) is 11.5 Å². The third-order valence-electron chi connectivity index (χ3n) is 3.97. The lowest BCUT2D eigenvalue weighted by Gasteiger charge is -2.03. The number of aromatic hydroxyl groups is 1. The molecule has 0 aliphatic rings. The van der Waals surface area contributed by atoms with Gasteiger partial charge in [0.1, 0.15) is 6.20 Å². The van der Waals surface area contributed by atoms with Gasteiger partial charge < -0.3 is 9.84 Å². The first-order chi connectivity index (χ1) is 14.4. The number of aromatic nitrogens is 2. The number of ether oxygens (including phenoxy) is 1. The molecule has 154 valence electrons. The van der Waals surface area contributed by atoms with Crippen LogP contribution in [0.3, 0.4) is 0 Å². The first-order valence-corrected chi connectivity index (χ1v) is 9.33. The van der Waals surface area contributed by atoms with E-state index in [0.717, 1.165) is 10.0 Å².